The van der Waals surface area contributed by atoms with Crippen molar-refractivity contribution in [1.82, 2.24) is 24.1 Å². The minimum absolute atomic E-state index is 0.0337. The number of benzene rings is 1. The molecule has 0 bridgehead atoms. The van der Waals surface area contributed by atoms with Crippen LogP contribution in [0.25, 0.3) is 16.0 Å². The van der Waals surface area contributed by atoms with Crippen molar-refractivity contribution in [2.75, 3.05) is 5.32 Å². The van der Waals surface area contributed by atoms with E-state index >= 15 is 0 Å². The lowest BCUT2D eigenvalue weighted by Gasteiger charge is -2.13. The van der Waals surface area contributed by atoms with Crippen molar-refractivity contribution in [2.45, 2.75) is 39.7 Å². The van der Waals surface area contributed by atoms with Gasteiger partial charge in [0.25, 0.3) is 0 Å². The Bertz CT molecular complexity index is 1030. The third kappa shape index (κ3) is 2.78. The number of fused-ring (bicyclic) bond motifs is 2. The van der Waals surface area contributed by atoms with E-state index in [-0.39, 0.29) is 5.41 Å². The summed E-state index contributed by atoms with van der Waals surface area (Å²) >= 11 is 1.56. The van der Waals surface area contributed by atoms with Crippen LogP contribution in [-0.2, 0) is 19.0 Å². The zero-order chi connectivity index (χ0) is 17.8. The Morgan fingerprint density at radius 2 is 2.00 bits per heavy atom. The SMILES string of the molecule is Cc1cccc2nc(CNc3nn4cc(C(C)(C)C)nc4s3)n(C)c12. The summed E-state index contributed by atoms with van der Waals surface area (Å²) in [5.41, 5.74) is 4.54. The average Bonchev–Trinajstić information content (AvgIpc) is 3.16. The number of nitrogens with zero attached hydrogens (tertiary/aromatic N) is 5. The fourth-order valence-corrected chi connectivity index (χ4v) is 3.74. The van der Waals surface area contributed by atoms with E-state index in [1.165, 1.54) is 11.1 Å². The number of hydrogen-bond acceptors (Lipinski definition) is 5. The predicted octanol–water partition coefficient (Wildman–Crippen LogP) is 3.90. The molecule has 4 rings (SSSR count). The van der Waals surface area contributed by atoms with E-state index in [0.29, 0.717) is 6.54 Å². The fourth-order valence-electron chi connectivity index (χ4n) is 2.96. The molecule has 6 nitrogen and oxygen atoms in total. The van der Waals surface area contributed by atoms with Crippen molar-refractivity contribution in [2.24, 2.45) is 7.05 Å². The number of hydrogen-bond donors (Lipinski definition) is 1. The number of rotatable bonds is 3. The molecule has 0 saturated carbocycles. The van der Waals surface area contributed by atoms with Gasteiger partial charge in [0.05, 0.1) is 29.5 Å². The fraction of sp³-hybridized carbons (Fsp3) is 0.389. The molecular weight excluding hydrogens is 332 g/mol. The van der Waals surface area contributed by atoms with Crippen molar-refractivity contribution >= 4 is 32.5 Å². The number of aromatic nitrogens is 5. The van der Waals surface area contributed by atoms with E-state index in [1.807, 2.05) is 16.8 Å². The van der Waals surface area contributed by atoms with Gasteiger partial charge < -0.3 is 9.88 Å². The normalized spacial score (nSPS) is 12.4. The van der Waals surface area contributed by atoms with E-state index in [9.17, 15) is 0 Å². The van der Waals surface area contributed by atoms with Gasteiger partial charge in [0, 0.05) is 12.5 Å². The number of para-hydroxylation sites is 1. The highest BCUT2D eigenvalue weighted by Crippen LogP contribution is 2.26. The lowest BCUT2D eigenvalue weighted by Crippen LogP contribution is -2.11. The molecule has 0 aliphatic carbocycles. The van der Waals surface area contributed by atoms with Gasteiger partial charge in [-0.1, -0.05) is 44.2 Å². The summed E-state index contributed by atoms with van der Waals surface area (Å²) in [5, 5.41) is 8.82. The van der Waals surface area contributed by atoms with Gasteiger partial charge in [0.2, 0.25) is 10.1 Å². The van der Waals surface area contributed by atoms with Crippen LogP contribution in [0.1, 0.15) is 37.9 Å². The Kier molecular flexibility index (Phi) is 3.57. The van der Waals surface area contributed by atoms with Gasteiger partial charge >= 0.3 is 0 Å². The van der Waals surface area contributed by atoms with Crippen LogP contribution in [-0.4, -0.2) is 24.1 Å². The summed E-state index contributed by atoms with van der Waals surface area (Å²) in [6.45, 7) is 9.22. The highest BCUT2D eigenvalue weighted by Gasteiger charge is 2.19. The first-order chi connectivity index (χ1) is 11.8. The van der Waals surface area contributed by atoms with Gasteiger partial charge in [-0.15, -0.1) is 5.10 Å². The number of nitrogens with one attached hydrogen (secondary N) is 1. The summed E-state index contributed by atoms with van der Waals surface area (Å²) in [5.74, 6) is 0.993. The quantitative estimate of drug-likeness (QED) is 0.606. The highest BCUT2D eigenvalue weighted by molar-refractivity contribution is 7.20. The molecule has 1 aromatic carbocycles. The summed E-state index contributed by atoms with van der Waals surface area (Å²) in [7, 11) is 2.06. The van der Waals surface area contributed by atoms with E-state index in [0.717, 1.165) is 27.1 Å². The Hall–Kier alpha value is -2.41. The summed E-state index contributed by atoms with van der Waals surface area (Å²) in [6, 6.07) is 6.21. The monoisotopic (exact) mass is 354 g/mol. The number of aryl methyl sites for hydroxylation is 2. The lowest BCUT2D eigenvalue weighted by atomic mass is 9.93. The van der Waals surface area contributed by atoms with Gasteiger partial charge in [0.1, 0.15) is 5.82 Å². The maximum absolute atomic E-state index is 4.73. The topological polar surface area (TPSA) is 60.0 Å². The van der Waals surface area contributed by atoms with E-state index < -0.39 is 0 Å². The highest BCUT2D eigenvalue weighted by atomic mass is 32.1. The van der Waals surface area contributed by atoms with Crippen LogP contribution in [0.5, 0.6) is 0 Å². The minimum atomic E-state index is 0.0337. The summed E-state index contributed by atoms with van der Waals surface area (Å²) in [4.78, 5) is 10.3. The van der Waals surface area contributed by atoms with Crippen molar-refractivity contribution < 1.29 is 0 Å². The second-order valence-corrected chi connectivity index (χ2v) is 8.35. The molecule has 3 aromatic heterocycles. The molecule has 0 radical (unpaired) electrons. The molecule has 0 spiro atoms. The standard InChI is InChI=1S/C18H22N6S/c1-11-7-6-8-12-15(11)23(5)14(20-12)9-19-16-22-24-10-13(18(2,3)4)21-17(24)25-16/h6-8,10H,9H2,1-5H3,(H,19,22). The Balaban J connectivity index is 1.57. The second kappa shape index (κ2) is 5.56. The molecule has 0 saturated heterocycles. The van der Waals surface area contributed by atoms with Crippen LogP contribution in [0.15, 0.2) is 24.4 Å². The van der Waals surface area contributed by atoms with Crippen LogP contribution < -0.4 is 5.32 Å². The number of anilines is 1. The van der Waals surface area contributed by atoms with E-state index in [1.54, 1.807) is 11.3 Å². The Morgan fingerprint density at radius 1 is 1.20 bits per heavy atom. The van der Waals surface area contributed by atoms with Crippen molar-refractivity contribution in [3.8, 4) is 0 Å². The zero-order valence-corrected chi connectivity index (χ0v) is 16.0. The molecule has 0 atom stereocenters. The van der Waals surface area contributed by atoms with Crippen LogP contribution in [0, 0.1) is 6.92 Å². The number of imidazole rings is 2. The third-order valence-corrected chi connectivity index (χ3v) is 5.28. The molecule has 4 aromatic rings. The molecular formula is C18H22N6S. The van der Waals surface area contributed by atoms with Crippen LogP contribution >= 0.6 is 11.3 Å². The molecule has 3 heterocycles. The molecule has 0 amide bonds. The maximum Gasteiger partial charge on any atom is 0.214 e. The van der Waals surface area contributed by atoms with Gasteiger partial charge in [-0.05, 0) is 18.6 Å². The first-order valence-electron chi connectivity index (χ1n) is 8.34. The van der Waals surface area contributed by atoms with Gasteiger partial charge in [0.15, 0.2) is 0 Å². The van der Waals surface area contributed by atoms with Crippen LogP contribution in [0.4, 0.5) is 5.13 Å². The molecule has 0 fully saturated rings. The smallest absolute Gasteiger partial charge is 0.214 e. The Morgan fingerprint density at radius 3 is 2.68 bits per heavy atom. The minimum Gasteiger partial charge on any atom is -0.353 e. The molecule has 0 aliphatic heterocycles. The Labute approximate surface area is 150 Å². The maximum atomic E-state index is 4.73. The first kappa shape index (κ1) is 16.1. The third-order valence-electron chi connectivity index (χ3n) is 4.40. The van der Waals surface area contributed by atoms with E-state index in [4.69, 9.17) is 4.98 Å². The first-order valence-corrected chi connectivity index (χ1v) is 9.16. The van der Waals surface area contributed by atoms with Crippen LogP contribution in [0.3, 0.4) is 0 Å². The average molecular weight is 354 g/mol. The summed E-state index contributed by atoms with van der Waals surface area (Å²) in [6.07, 6.45) is 2.01. The molecule has 0 aliphatic rings. The molecule has 7 heteroatoms. The predicted molar refractivity (Wildman–Crippen MR) is 102 cm³/mol. The van der Waals surface area contributed by atoms with Crippen molar-refractivity contribution in [3.05, 3.63) is 41.5 Å². The van der Waals surface area contributed by atoms with Gasteiger partial charge in [-0.2, -0.15) is 0 Å². The lowest BCUT2D eigenvalue weighted by molar-refractivity contribution is 0.572. The van der Waals surface area contributed by atoms with Crippen molar-refractivity contribution in [3.63, 3.8) is 0 Å². The van der Waals surface area contributed by atoms with Gasteiger partial charge in [-0.3, -0.25) is 0 Å². The molecule has 25 heavy (non-hydrogen) atoms. The molecule has 130 valence electrons. The largest absolute Gasteiger partial charge is 0.353 e. The summed E-state index contributed by atoms with van der Waals surface area (Å²) < 4.78 is 4.00. The van der Waals surface area contributed by atoms with Gasteiger partial charge in [-0.25, -0.2) is 14.5 Å². The molecule has 0 unspecified atom stereocenters. The second-order valence-electron chi connectivity index (χ2n) is 7.39. The van der Waals surface area contributed by atoms with E-state index in [2.05, 4.69) is 66.8 Å². The van der Waals surface area contributed by atoms with Crippen LogP contribution in [0.2, 0.25) is 0 Å². The zero-order valence-electron chi connectivity index (χ0n) is 15.2. The van der Waals surface area contributed by atoms with Crippen molar-refractivity contribution in [1.29, 1.82) is 0 Å². The molecule has 1 N–H and O–H groups in total.